The summed E-state index contributed by atoms with van der Waals surface area (Å²) in [6.45, 7) is 9.49. The molecule has 2 atom stereocenters. The molecule has 2 aliphatic rings. The van der Waals surface area contributed by atoms with Gasteiger partial charge in [0.1, 0.15) is 0 Å². The summed E-state index contributed by atoms with van der Waals surface area (Å²) in [4.78, 5) is 2.38. The van der Waals surface area contributed by atoms with Crippen LogP contribution in [-0.4, -0.2) is 43.7 Å². The van der Waals surface area contributed by atoms with E-state index in [0.29, 0.717) is 5.41 Å². The van der Waals surface area contributed by atoms with Crippen LogP contribution in [0.25, 0.3) is 0 Å². The van der Waals surface area contributed by atoms with Gasteiger partial charge in [-0.25, -0.2) is 8.78 Å². The van der Waals surface area contributed by atoms with Gasteiger partial charge in [0.15, 0.2) is 0 Å². The molecule has 1 aliphatic carbocycles. The van der Waals surface area contributed by atoms with Crippen LogP contribution < -0.4 is 0 Å². The maximum atomic E-state index is 12.7. The van der Waals surface area contributed by atoms with Crippen molar-refractivity contribution in [3.63, 3.8) is 0 Å². The van der Waals surface area contributed by atoms with Crippen molar-refractivity contribution in [1.29, 1.82) is 0 Å². The lowest BCUT2D eigenvalue weighted by molar-refractivity contribution is 0.0302. The number of alkyl halides is 2. The molecule has 0 spiro atoms. The number of rotatable bonds is 7. The molecule has 0 aromatic rings. The van der Waals surface area contributed by atoms with E-state index >= 15 is 0 Å². The Balaban J connectivity index is 1.76. The molecule has 2 fully saturated rings. The van der Waals surface area contributed by atoms with Gasteiger partial charge in [0, 0.05) is 24.4 Å². The van der Waals surface area contributed by atoms with Crippen molar-refractivity contribution in [2.75, 3.05) is 26.2 Å². The fourth-order valence-electron chi connectivity index (χ4n) is 2.98. The lowest BCUT2D eigenvalue weighted by atomic mass is 9.94. The highest BCUT2D eigenvalue weighted by Gasteiger charge is 2.45. The molecule has 1 aliphatic heterocycles. The molecule has 1 saturated carbocycles. The number of hydrogen-bond donors (Lipinski definition) is 0. The van der Waals surface area contributed by atoms with Crippen LogP contribution in [0, 0.1) is 17.3 Å². The zero-order valence-corrected chi connectivity index (χ0v) is 12.4. The van der Waals surface area contributed by atoms with E-state index in [1.54, 1.807) is 6.92 Å². The lowest BCUT2D eigenvalue weighted by Gasteiger charge is -2.25. The zero-order valence-electron chi connectivity index (χ0n) is 12.4. The second-order valence-electron chi connectivity index (χ2n) is 6.84. The van der Waals surface area contributed by atoms with E-state index < -0.39 is 12.3 Å². The summed E-state index contributed by atoms with van der Waals surface area (Å²) in [7, 11) is 0. The molecular formula is C15H27F2NO. The van der Waals surface area contributed by atoms with Gasteiger partial charge in [-0.1, -0.05) is 6.92 Å². The number of likely N-dealkylation sites (tertiary alicyclic amines) is 1. The van der Waals surface area contributed by atoms with Gasteiger partial charge in [-0.15, -0.1) is 0 Å². The smallest absolute Gasteiger partial charge is 0.241 e. The lowest BCUT2D eigenvalue weighted by Crippen LogP contribution is -2.32. The molecular weight excluding hydrogens is 248 g/mol. The normalized spacial score (nSPS) is 28.3. The van der Waals surface area contributed by atoms with Crippen molar-refractivity contribution in [2.45, 2.75) is 52.6 Å². The van der Waals surface area contributed by atoms with Crippen LogP contribution in [0.4, 0.5) is 8.78 Å². The first-order chi connectivity index (χ1) is 8.92. The first-order valence-electron chi connectivity index (χ1n) is 7.54. The first-order valence-corrected chi connectivity index (χ1v) is 7.54. The summed E-state index contributed by atoms with van der Waals surface area (Å²) in [5.41, 5.74) is 0.327. The van der Waals surface area contributed by atoms with E-state index in [2.05, 4.69) is 18.7 Å². The molecule has 1 heterocycles. The van der Waals surface area contributed by atoms with Crippen LogP contribution in [0.1, 0.15) is 40.0 Å². The van der Waals surface area contributed by atoms with Gasteiger partial charge in [-0.2, -0.15) is 0 Å². The molecule has 1 unspecified atom stereocenters. The van der Waals surface area contributed by atoms with Gasteiger partial charge < -0.3 is 9.64 Å². The predicted octanol–water partition coefficient (Wildman–Crippen LogP) is 3.41. The summed E-state index contributed by atoms with van der Waals surface area (Å²) < 4.78 is 31.2. The Morgan fingerprint density at radius 1 is 1.26 bits per heavy atom. The van der Waals surface area contributed by atoms with Crippen molar-refractivity contribution in [3.05, 3.63) is 0 Å². The first kappa shape index (κ1) is 15.2. The second kappa shape index (κ2) is 6.04. The molecule has 19 heavy (non-hydrogen) atoms. The Hall–Kier alpha value is -0.220. The highest BCUT2D eigenvalue weighted by molar-refractivity contribution is 4.97. The molecule has 0 amide bonds. The quantitative estimate of drug-likeness (QED) is 0.706. The van der Waals surface area contributed by atoms with E-state index in [1.807, 2.05) is 0 Å². The Labute approximate surface area is 115 Å². The molecule has 2 rings (SSSR count). The number of nitrogens with zero attached hydrogens (tertiary/aromatic N) is 1. The van der Waals surface area contributed by atoms with Crippen LogP contribution in [0.5, 0.6) is 0 Å². The molecule has 4 heteroatoms. The number of hydrogen-bond acceptors (Lipinski definition) is 2. The minimum atomic E-state index is -2.18. The second-order valence-corrected chi connectivity index (χ2v) is 6.84. The van der Waals surface area contributed by atoms with Gasteiger partial charge in [-0.05, 0) is 45.6 Å². The highest BCUT2D eigenvalue weighted by atomic mass is 19.3. The van der Waals surface area contributed by atoms with Crippen molar-refractivity contribution in [3.8, 4) is 0 Å². The Bertz CT molecular complexity index is 292. The van der Waals surface area contributed by atoms with Crippen LogP contribution in [-0.2, 0) is 4.74 Å². The highest BCUT2D eigenvalue weighted by Crippen LogP contribution is 2.47. The average molecular weight is 275 g/mol. The molecule has 2 nitrogen and oxygen atoms in total. The van der Waals surface area contributed by atoms with E-state index in [1.165, 1.54) is 12.8 Å². The fraction of sp³-hybridized carbons (Fsp3) is 1.00. The summed E-state index contributed by atoms with van der Waals surface area (Å²) in [5.74, 6) is -0.297. The van der Waals surface area contributed by atoms with Crippen LogP contribution in [0.2, 0.25) is 0 Å². The van der Waals surface area contributed by atoms with Crippen molar-refractivity contribution >= 4 is 0 Å². The molecule has 0 aromatic carbocycles. The van der Waals surface area contributed by atoms with Crippen LogP contribution in [0.3, 0.4) is 0 Å². The fourth-order valence-corrected chi connectivity index (χ4v) is 2.98. The van der Waals surface area contributed by atoms with Gasteiger partial charge >= 0.3 is 0 Å². The third-order valence-corrected chi connectivity index (χ3v) is 4.69. The Kier molecular flexibility index (Phi) is 4.83. The van der Waals surface area contributed by atoms with E-state index in [4.69, 9.17) is 4.74 Å². The van der Waals surface area contributed by atoms with Gasteiger partial charge in [-0.3, -0.25) is 0 Å². The average Bonchev–Trinajstić information content (AvgIpc) is 2.95. The van der Waals surface area contributed by atoms with Crippen LogP contribution >= 0.6 is 0 Å². The zero-order chi connectivity index (χ0) is 14.0. The molecule has 112 valence electrons. The van der Waals surface area contributed by atoms with Crippen molar-refractivity contribution in [2.24, 2.45) is 17.3 Å². The SMILES string of the molecule is CC(C)OCC1(CN2CCC([C@@H](C)C(F)F)C2)CC1. The molecule has 0 bridgehead atoms. The topological polar surface area (TPSA) is 12.5 Å². The Morgan fingerprint density at radius 2 is 1.95 bits per heavy atom. The molecule has 0 radical (unpaired) electrons. The third kappa shape index (κ3) is 4.12. The maximum Gasteiger partial charge on any atom is 0.241 e. The molecule has 0 N–H and O–H groups in total. The van der Waals surface area contributed by atoms with Crippen LogP contribution in [0.15, 0.2) is 0 Å². The number of halogens is 2. The number of ether oxygens (including phenoxy) is 1. The molecule has 1 saturated heterocycles. The predicted molar refractivity (Wildman–Crippen MR) is 72.5 cm³/mol. The Morgan fingerprint density at radius 3 is 2.47 bits per heavy atom. The van der Waals surface area contributed by atoms with Gasteiger partial charge in [0.2, 0.25) is 6.43 Å². The summed E-state index contributed by atoms with van der Waals surface area (Å²) >= 11 is 0. The van der Waals surface area contributed by atoms with Crippen molar-refractivity contribution in [1.82, 2.24) is 4.90 Å². The van der Waals surface area contributed by atoms with Gasteiger partial charge in [0.05, 0.1) is 12.7 Å². The minimum Gasteiger partial charge on any atom is -0.378 e. The monoisotopic (exact) mass is 275 g/mol. The molecule has 0 aromatic heterocycles. The standard InChI is InChI=1S/C15H27F2NO/c1-11(2)19-10-15(5-6-15)9-18-7-4-13(8-18)12(3)14(16)17/h11-14H,4-10H2,1-3H3/t12-,13?/m1/s1. The minimum absolute atomic E-state index is 0.168. The summed E-state index contributed by atoms with van der Waals surface area (Å²) in [5, 5.41) is 0. The van der Waals surface area contributed by atoms with E-state index in [9.17, 15) is 8.78 Å². The summed E-state index contributed by atoms with van der Waals surface area (Å²) in [6.07, 6.45) is 1.48. The maximum absolute atomic E-state index is 12.7. The van der Waals surface area contributed by atoms with Gasteiger partial charge in [0.25, 0.3) is 0 Å². The van der Waals surface area contributed by atoms with E-state index in [-0.39, 0.29) is 12.0 Å². The largest absolute Gasteiger partial charge is 0.378 e. The van der Waals surface area contributed by atoms with Crippen molar-refractivity contribution < 1.29 is 13.5 Å². The summed E-state index contributed by atoms with van der Waals surface area (Å²) in [6, 6.07) is 0. The third-order valence-electron chi connectivity index (χ3n) is 4.69. The van der Waals surface area contributed by atoms with E-state index in [0.717, 1.165) is 32.7 Å².